The number of nitrogens with zero attached hydrogens (tertiary/aromatic N) is 2. The largest absolute Gasteiger partial charge is 0.443 e. The van der Waals surface area contributed by atoms with E-state index in [0.717, 1.165) is 4.57 Å². The maximum Gasteiger partial charge on any atom is 0.419 e. The van der Waals surface area contributed by atoms with Gasteiger partial charge in [0, 0.05) is 12.4 Å². The zero-order valence-electron chi connectivity index (χ0n) is 5.98. The molecule has 0 unspecified atom stereocenters. The van der Waals surface area contributed by atoms with Crippen LogP contribution < -0.4 is 0 Å². The standard InChI is InChI=1S/C6H6F2N2O2/c7-5(8)3-12-6(11)10-2-1-9-4-10/h1-2,4-5H,3H2. The number of rotatable bonds is 2. The quantitative estimate of drug-likeness (QED) is 0.678. The number of alkyl halides is 2. The predicted molar refractivity (Wildman–Crippen MR) is 35.0 cm³/mol. The first-order valence-electron chi connectivity index (χ1n) is 3.13. The summed E-state index contributed by atoms with van der Waals surface area (Å²) in [7, 11) is 0. The van der Waals surface area contributed by atoms with Crippen molar-refractivity contribution in [3.05, 3.63) is 18.7 Å². The van der Waals surface area contributed by atoms with Gasteiger partial charge in [0.1, 0.15) is 6.33 Å². The monoisotopic (exact) mass is 176 g/mol. The minimum Gasteiger partial charge on any atom is -0.443 e. The Morgan fingerprint density at radius 1 is 1.67 bits per heavy atom. The van der Waals surface area contributed by atoms with Crippen molar-refractivity contribution >= 4 is 6.09 Å². The number of imidazole rings is 1. The van der Waals surface area contributed by atoms with Crippen molar-refractivity contribution in [2.24, 2.45) is 0 Å². The lowest BCUT2D eigenvalue weighted by Crippen LogP contribution is -2.15. The number of carbonyl (C=O) groups is 1. The molecule has 0 amide bonds. The summed E-state index contributed by atoms with van der Waals surface area (Å²) in [5.41, 5.74) is 0. The molecular weight excluding hydrogens is 170 g/mol. The molecule has 0 saturated carbocycles. The van der Waals surface area contributed by atoms with E-state index in [1.807, 2.05) is 0 Å². The third-order valence-electron chi connectivity index (χ3n) is 1.05. The molecule has 0 N–H and O–H groups in total. The van der Waals surface area contributed by atoms with Crippen LogP contribution in [0.3, 0.4) is 0 Å². The van der Waals surface area contributed by atoms with Crippen molar-refractivity contribution in [3.63, 3.8) is 0 Å². The predicted octanol–water partition coefficient (Wildman–Crippen LogP) is 1.13. The van der Waals surface area contributed by atoms with Gasteiger partial charge >= 0.3 is 6.09 Å². The normalized spacial score (nSPS) is 10.2. The maximum atomic E-state index is 11.5. The molecule has 1 heterocycles. The first kappa shape index (κ1) is 8.63. The second-order valence-electron chi connectivity index (χ2n) is 1.94. The smallest absolute Gasteiger partial charge is 0.419 e. The van der Waals surface area contributed by atoms with Crippen molar-refractivity contribution in [2.75, 3.05) is 6.61 Å². The van der Waals surface area contributed by atoms with Gasteiger partial charge in [0.25, 0.3) is 6.43 Å². The van der Waals surface area contributed by atoms with Crippen molar-refractivity contribution in [1.82, 2.24) is 9.55 Å². The third kappa shape index (κ3) is 2.30. The number of hydrogen-bond donors (Lipinski definition) is 0. The molecule has 6 heteroatoms. The molecule has 0 fully saturated rings. The number of carbonyl (C=O) groups excluding carboxylic acids is 1. The van der Waals surface area contributed by atoms with Crippen molar-refractivity contribution < 1.29 is 18.3 Å². The summed E-state index contributed by atoms with van der Waals surface area (Å²) in [5.74, 6) is 0. The van der Waals surface area contributed by atoms with Gasteiger partial charge < -0.3 is 4.74 Å². The van der Waals surface area contributed by atoms with Gasteiger partial charge in [0.05, 0.1) is 0 Å². The van der Waals surface area contributed by atoms with Gasteiger partial charge in [-0.25, -0.2) is 23.1 Å². The molecule has 4 nitrogen and oxygen atoms in total. The Morgan fingerprint density at radius 2 is 2.42 bits per heavy atom. The Kier molecular flexibility index (Phi) is 2.73. The van der Waals surface area contributed by atoms with Crippen molar-refractivity contribution in [2.45, 2.75) is 6.43 Å². The van der Waals surface area contributed by atoms with Gasteiger partial charge in [-0.2, -0.15) is 0 Å². The lowest BCUT2D eigenvalue weighted by atomic mass is 10.8. The molecule has 0 radical (unpaired) electrons. The summed E-state index contributed by atoms with van der Waals surface area (Å²) in [6.07, 6.45) is 0.343. The van der Waals surface area contributed by atoms with Crippen LogP contribution >= 0.6 is 0 Å². The molecule has 1 aromatic heterocycles. The van der Waals surface area contributed by atoms with E-state index in [9.17, 15) is 13.6 Å². The number of aromatic nitrogens is 2. The highest BCUT2D eigenvalue weighted by Gasteiger charge is 2.08. The zero-order chi connectivity index (χ0) is 8.97. The molecule has 0 bridgehead atoms. The Bertz CT molecular complexity index is 248. The Hall–Kier alpha value is -1.46. The highest BCUT2D eigenvalue weighted by atomic mass is 19.3. The molecule has 1 rings (SSSR count). The summed E-state index contributed by atoms with van der Waals surface area (Å²) in [6.45, 7) is -0.892. The molecule has 0 aliphatic carbocycles. The van der Waals surface area contributed by atoms with Crippen LogP contribution in [0.1, 0.15) is 0 Å². The van der Waals surface area contributed by atoms with E-state index in [1.54, 1.807) is 0 Å². The molecular formula is C6H6F2N2O2. The van der Waals surface area contributed by atoms with Crippen LogP contribution in [0.15, 0.2) is 18.7 Å². The Morgan fingerprint density at radius 3 is 2.92 bits per heavy atom. The molecule has 0 atom stereocenters. The number of ether oxygens (including phenoxy) is 1. The van der Waals surface area contributed by atoms with Crippen LogP contribution in [-0.4, -0.2) is 28.7 Å². The molecule has 66 valence electrons. The van der Waals surface area contributed by atoms with Gasteiger partial charge in [-0.3, -0.25) is 0 Å². The van der Waals surface area contributed by atoms with Crippen LogP contribution in [0, 0.1) is 0 Å². The van der Waals surface area contributed by atoms with Crippen LogP contribution in [0.5, 0.6) is 0 Å². The molecule has 12 heavy (non-hydrogen) atoms. The number of hydrogen-bond acceptors (Lipinski definition) is 3. The second-order valence-corrected chi connectivity index (χ2v) is 1.94. The Balaban J connectivity index is 2.40. The van der Waals surface area contributed by atoms with Crippen LogP contribution in [0.25, 0.3) is 0 Å². The van der Waals surface area contributed by atoms with E-state index in [2.05, 4.69) is 9.72 Å². The summed E-state index contributed by atoms with van der Waals surface area (Å²) < 4.78 is 28.2. The van der Waals surface area contributed by atoms with E-state index in [-0.39, 0.29) is 0 Å². The van der Waals surface area contributed by atoms with Gasteiger partial charge in [-0.05, 0) is 0 Å². The molecule has 0 saturated heterocycles. The zero-order valence-corrected chi connectivity index (χ0v) is 5.98. The molecule has 0 aliphatic heterocycles. The molecule has 1 aromatic rings. The summed E-state index contributed by atoms with van der Waals surface area (Å²) in [4.78, 5) is 14.3. The molecule has 0 aromatic carbocycles. The van der Waals surface area contributed by atoms with Gasteiger partial charge in [0.2, 0.25) is 0 Å². The van der Waals surface area contributed by atoms with E-state index in [1.165, 1.54) is 18.7 Å². The highest BCUT2D eigenvalue weighted by molar-refractivity contribution is 5.69. The first-order chi connectivity index (χ1) is 5.70. The van der Waals surface area contributed by atoms with Gasteiger partial charge in [-0.1, -0.05) is 0 Å². The van der Waals surface area contributed by atoms with Gasteiger partial charge in [-0.15, -0.1) is 0 Å². The molecule has 0 aliphatic rings. The summed E-state index contributed by atoms with van der Waals surface area (Å²) in [5, 5.41) is 0. The second kappa shape index (κ2) is 3.80. The lowest BCUT2D eigenvalue weighted by Gasteiger charge is -2.02. The fourth-order valence-electron chi connectivity index (χ4n) is 0.576. The Labute approximate surface area is 66.8 Å². The summed E-state index contributed by atoms with van der Waals surface area (Å²) in [6, 6.07) is 0. The van der Waals surface area contributed by atoms with E-state index < -0.39 is 19.1 Å². The minimum absolute atomic E-state index is 0.854. The SMILES string of the molecule is O=C(OCC(F)F)n1ccnc1. The fourth-order valence-corrected chi connectivity index (χ4v) is 0.576. The maximum absolute atomic E-state index is 11.5. The number of halogens is 2. The van der Waals surface area contributed by atoms with E-state index >= 15 is 0 Å². The van der Waals surface area contributed by atoms with E-state index in [0.29, 0.717) is 0 Å². The molecule has 0 spiro atoms. The van der Waals surface area contributed by atoms with Crippen LogP contribution in [0.4, 0.5) is 13.6 Å². The third-order valence-corrected chi connectivity index (χ3v) is 1.05. The minimum atomic E-state index is -2.64. The average molecular weight is 176 g/mol. The van der Waals surface area contributed by atoms with Crippen molar-refractivity contribution in [3.8, 4) is 0 Å². The fraction of sp³-hybridized carbons (Fsp3) is 0.333. The summed E-state index contributed by atoms with van der Waals surface area (Å²) >= 11 is 0. The van der Waals surface area contributed by atoms with Gasteiger partial charge in [0.15, 0.2) is 6.61 Å². The van der Waals surface area contributed by atoms with Crippen molar-refractivity contribution in [1.29, 1.82) is 0 Å². The van der Waals surface area contributed by atoms with Crippen LogP contribution in [0.2, 0.25) is 0 Å². The topological polar surface area (TPSA) is 44.1 Å². The highest BCUT2D eigenvalue weighted by Crippen LogP contribution is 1.95. The van der Waals surface area contributed by atoms with Crippen LogP contribution in [-0.2, 0) is 4.74 Å². The first-order valence-corrected chi connectivity index (χ1v) is 3.13. The average Bonchev–Trinajstić information content (AvgIpc) is 2.51. The van der Waals surface area contributed by atoms with E-state index in [4.69, 9.17) is 0 Å². The lowest BCUT2D eigenvalue weighted by molar-refractivity contribution is 0.0494.